The van der Waals surface area contributed by atoms with Gasteiger partial charge in [-0.3, -0.25) is 19.1 Å². The lowest BCUT2D eigenvalue weighted by Crippen LogP contribution is -2.54. The van der Waals surface area contributed by atoms with Crippen LogP contribution >= 0.6 is 0 Å². The molecule has 1 N–H and O–H groups in total. The summed E-state index contributed by atoms with van der Waals surface area (Å²) < 4.78 is 1.16. The van der Waals surface area contributed by atoms with Gasteiger partial charge in [-0.05, 0) is 5.56 Å². The normalized spacial score (nSPS) is 14.0. The number of benzene rings is 1. The molecule has 148 valence electrons. The van der Waals surface area contributed by atoms with Gasteiger partial charge >= 0.3 is 11.7 Å². The van der Waals surface area contributed by atoms with E-state index in [2.05, 4.69) is 4.98 Å². The molecule has 1 fully saturated rings. The van der Waals surface area contributed by atoms with E-state index in [-0.39, 0.29) is 18.5 Å². The predicted molar refractivity (Wildman–Crippen MR) is 103 cm³/mol. The molecule has 3 amide bonds. The maximum absolute atomic E-state index is 12.6. The Labute approximate surface area is 161 Å². The first-order chi connectivity index (χ1) is 13.4. The number of aromatic amines is 1. The zero-order valence-electron chi connectivity index (χ0n) is 15.7. The Morgan fingerprint density at radius 1 is 1.00 bits per heavy atom. The molecule has 2 heterocycles. The van der Waals surface area contributed by atoms with Crippen molar-refractivity contribution in [3.63, 3.8) is 0 Å². The summed E-state index contributed by atoms with van der Waals surface area (Å²) in [6.07, 6.45) is 1.30. The Morgan fingerprint density at radius 2 is 1.64 bits per heavy atom. The Morgan fingerprint density at radius 3 is 2.29 bits per heavy atom. The molecule has 1 aliphatic heterocycles. The van der Waals surface area contributed by atoms with Gasteiger partial charge in [-0.25, -0.2) is 9.59 Å². The van der Waals surface area contributed by atoms with Gasteiger partial charge in [0.1, 0.15) is 6.54 Å². The van der Waals surface area contributed by atoms with Gasteiger partial charge in [-0.15, -0.1) is 0 Å². The number of piperazine rings is 1. The van der Waals surface area contributed by atoms with Gasteiger partial charge in [0.2, 0.25) is 5.91 Å². The van der Waals surface area contributed by atoms with Crippen molar-refractivity contribution in [3.05, 3.63) is 69.0 Å². The van der Waals surface area contributed by atoms with Crippen LogP contribution in [0.5, 0.6) is 0 Å². The van der Waals surface area contributed by atoms with Gasteiger partial charge in [-0.2, -0.15) is 0 Å². The number of amides is 3. The minimum absolute atomic E-state index is 0.0761. The average molecular weight is 385 g/mol. The molecule has 28 heavy (non-hydrogen) atoms. The molecule has 9 heteroatoms. The first-order valence-corrected chi connectivity index (χ1v) is 9.05. The highest BCUT2D eigenvalue weighted by atomic mass is 16.2. The maximum Gasteiger partial charge on any atom is 0.328 e. The van der Waals surface area contributed by atoms with Crippen LogP contribution in [0.15, 0.2) is 52.2 Å². The highest BCUT2D eigenvalue weighted by Gasteiger charge is 2.26. The van der Waals surface area contributed by atoms with E-state index in [1.165, 1.54) is 12.3 Å². The van der Waals surface area contributed by atoms with Gasteiger partial charge < -0.3 is 14.7 Å². The van der Waals surface area contributed by atoms with E-state index in [0.717, 1.165) is 10.1 Å². The molecule has 1 aliphatic rings. The lowest BCUT2D eigenvalue weighted by Gasteiger charge is -2.36. The number of nitrogens with one attached hydrogen (secondary N) is 1. The lowest BCUT2D eigenvalue weighted by atomic mass is 10.2. The average Bonchev–Trinajstić information content (AvgIpc) is 2.70. The summed E-state index contributed by atoms with van der Waals surface area (Å²) in [4.78, 5) is 55.0. The molecule has 2 aromatic rings. The van der Waals surface area contributed by atoms with Crippen molar-refractivity contribution in [2.75, 3.05) is 33.2 Å². The number of carbonyl (C=O) groups excluding carboxylic acids is 2. The topological polar surface area (TPSA) is 98.7 Å². The lowest BCUT2D eigenvalue weighted by molar-refractivity contribution is -0.133. The van der Waals surface area contributed by atoms with Crippen molar-refractivity contribution >= 4 is 11.9 Å². The van der Waals surface area contributed by atoms with E-state index >= 15 is 0 Å². The maximum atomic E-state index is 12.6. The van der Waals surface area contributed by atoms with Gasteiger partial charge in [0.25, 0.3) is 5.56 Å². The fourth-order valence-electron chi connectivity index (χ4n) is 3.13. The summed E-state index contributed by atoms with van der Waals surface area (Å²) in [6, 6.07) is 10.9. The van der Waals surface area contributed by atoms with Crippen LogP contribution in [0.3, 0.4) is 0 Å². The summed E-state index contributed by atoms with van der Waals surface area (Å²) in [5.41, 5.74) is -0.0591. The number of hydrogen-bond acceptors (Lipinski definition) is 4. The third-order valence-electron chi connectivity index (χ3n) is 4.69. The second-order valence-electron chi connectivity index (χ2n) is 6.73. The van der Waals surface area contributed by atoms with Gasteiger partial charge in [0.05, 0.1) is 0 Å². The molecule has 0 bridgehead atoms. The van der Waals surface area contributed by atoms with Crippen LogP contribution in [0.1, 0.15) is 5.56 Å². The molecule has 0 aliphatic carbocycles. The molecule has 1 saturated heterocycles. The molecular weight excluding hydrogens is 362 g/mol. The standard InChI is InChI=1S/C19H23N5O4/c1-21(13-15-5-3-2-4-6-15)19(28)23-11-9-22(10-12-23)17(26)14-24-8-7-16(25)20-18(24)27/h2-8H,9-14H2,1H3,(H,20,25,27). The Bertz CT molecular complexity index is 945. The summed E-state index contributed by atoms with van der Waals surface area (Å²) in [5, 5.41) is 0. The fourth-order valence-corrected chi connectivity index (χ4v) is 3.13. The van der Waals surface area contributed by atoms with Crippen LogP contribution in [0, 0.1) is 0 Å². The molecule has 1 aromatic carbocycles. The number of rotatable bonds is 4. The Hall–Kier alpha value is -3.36. The van der Waals surface area contributed by atoms with Gasteiger partial charge in [0, 0.05) is 52.0 Å². The van der Waals surface area contributed by atoms with Crippen LogP contribution in [-0.4, -0.2) is 69.4 Å². The van der Waals surface area contributed by atoms with E-state index in [4.69, 9.17) is 0 Å². The zero-order chi connectivity index (χ0) is 20.1. The van der Waals surface area contributed by atoms with Crippen molar-refractivity contribution in [1.29, 1.82) is 0 Å². The van der Waals surface area contributed by atoms with E-state index in [1.54, 1.807) is 21.7 Å². The second-order valence-corrected chi connectivity index (χ2v) is 6.73. The molecule has 0 radical (unpaired) electrons. The number of nitrogens with zero attached hydrogens (tertiary/aromatic N) is 4. The van der Waals surface area contributed by atoms with E-state index in [9.17, 15) is 19.2 Å². The van der Waals surface area contributed by atoms with Crippen LogP contribution in [0.4, 0.5) is 4.79 Å². The second kappa shape index (κ2) is 8.55. The summed E-state index contributed by atoms with van der Waals surface area (Å²) in [5.74, 6) is -0.223. The van der Waals surface area contributed by atoms with Crippen molar-refractivity contribution in [1.82, 2.24) is 24.3 Å². The zero-order valence-corrected chi connectivity index (χ0v) is 15.7. The van der Waals surface area contributed by atoms with Crippen LogP contribution in [0.25, 0.3) is 0 Å². The van der Waals surface area contributed by atoms with Crippen molar-refractivity contribution in [2.24, 2.45) is 0 Å². The van der Waals surface area contributed by atoms with Gasteiger partial charge in [0.15, 0.2) is 0 Å². The molecule has 3 rings (SSSR count). The first-order valence-electron chi connectivity index (χ1n) is 9.05. The van der Waals surface area contributed by atoms with E-state index in [0.29, 0.717) is 32.7 Å². The number of hydrogen-bond donors (Lipinski definition) is 1. The number of carbonyl (C=O) groups is 2. The molecule has 9 nitrogen and oxygen atoms in total. The van der Waals surface area contributed by atoms with Crippen LogP contribution in [-0.2, 0) is 17.9 Å². The Kier molecular flexibility index (Phi) is 5.93. The third-order valence-corrected chi connectivity index (χ3v) is 4.69. The van der Waals surface area contributed by atoms with Crippen LogP contribution in [0.2, 0.25) is 0 Å². The molecular formula is C19H23N5O4. The summed E-state index contributed by atoms with van der Waals surface area (Å²) in [7, 11) is 1.76. The summed E-state index contributed by atoms with van der Waals surface area (Å²) >= 11 is 0. The highest BCUT2D eigenvalue weighted by Crippen LogP contribution is 2.09. The van der Waals surface area contributed by atoms with Crippen molar-refractivity contribution in [3.8, 4) is 0 Å². The van der Waals surface area contributed by atoms with Gasteiger partial charge in [-0.1, -0.05) is 30.3 Å². The fraction of sp³-hybridized carbons (Fsp3) is 0.368. The largest absolute Gasteiger partial charge is 0.338 e. The number of urea groups is 1. The molecule has 0 saturated carbocycles. The van der Waals surface area contributed by atoms with E-state index < -0.39 is 11.2 Å². The smallest absolute Gasteiger partial charge is 0.328 e. The quantitative estimate of drug-likeness (QED) is 0.797. The molecule has 0 spiro atoms. The summed E-state index contributed by atoms with van der Waals surface area (Å²) in [6.45, 7) is 2.06. The predicted octanol–water partition coefficient (Wildman–Crippen LogP) is -0.0672. The van der Waals surface area contributed by atoms with E-state index in [1.807, 2.05) is 30.3 Å². The molecule has 1 aromatic heterocycles. The molecule has 0 atom stereocenters. The monoisotopic (exact) mass is 385 g/mol. The van der Waals surface area contributed by atoms with Crippen LogP contribution < -0.4 is 11.2 Å². The first kappa shape index (κ1) is 19.4. The Balaban J connectivity index is 1.52. The SMILES string of the molecule is CN(Cc1ccccc1)C(=O)N1CCN(C(=O)Cn2ccc(=O)[nH]c2=O)CC1. The minimum atomic E-state index is -0.614. The number of aromatic nitrogens is 2. The van der Waals surface area contributed by atoms with Crippen molar-refractivity contribution < 1.29 is 9.59 Å². The highest BCUT2D eigenvalue weighted by molar-refractivity contribution is 5.77. The molecule has 0 unspecified atom stereocenters. The number of H-pyrrole nitrogens is 1. The van der Waals surface area contributed by atoms with Crippen molar-refractivity contribution in [2.45, 2.75) is 13.1 Å². The minimum Gasteiger partial charge on any atom is -0.338 e. The third kappa shape index (κ3) is 4.67.